The largest absolute Gasteiger partial charge is 0.488 e. The van der Waals surface area contributed by atoms with Crippen molar-refractivity contribution in [2.45, 2.75) is 52.2 Å². The van der Waals surface area contributed by atoms with Gasteiger partial charge in [0.05, 0.1) is 0 Å². The summed E-state index contributed by atoms with van der Waals surface area (Å²) in [5, 5.41) is 0. The molecule has 1 unspecified atom stereocenters. The van der Waals surface area contributed by atoms with Crippen LogP contribution >= 0.6 is 0 Å². The summed E-state index contributed by atoms with van der Waals surface area (Å²) in [6.45, 7) is 11.5. The van der Waals surface area contributed by atoms with Crippen LogP contribution in [0.4, 0.5) is 0 Å². The van der Waals surface area contributed by atoms with Crippen molar-refractivity contribution >= 4 is 0 Å². The molecule has 3 nitrogen and oxygen atoms in total. The highest BCUT2D eigenvalue weighted by Crippen LogP contribution is 2.30. The monoisotopic (exact) mass is 276 g/mol. The van der Waals surface area contributed by atoms with Crippen LogP contribution < -0.4 is 10.5 Å². The maximum Gasteiger partial charge on any atom is 0.123 e. The van der Waals surface area contributed by atoms with E-state index in [4.69, 9.17) is 10.5 Å². The average molecular weight is 276 g/mol. The Bertz CT molecular complexity index is 456. The minimum absolute atomic E-state index is 0.0318. The summed E-state index contributed by atoms with van der Waals surface area (Å²) in [5.41, 5.74) is 8.62. The minimum Gasteiger partial charge on any atom is -0.488 e. The molecule has 3 heteroatoms. The third-order valence-electron chi connectivity index (χ3n) is 4.23. The first-order valence-corrected chi connectivity index (χ1v) is 7.67. The van der Waals surface area contributed by atoms with Gasteiger partial charge in [-0.3, -0.25) is 4.90 Å². The molecule has 1 aliphatic heterocycles. The number of hydrogen-bond acceptors (Lipinski definition) is 3. The fourth-order valence-electron chi connectivity index (χ4n) is 2.84. The zero-order valence-electron chi connectivity index (χ0n) is 13.3. The van der Waals surface area contributed by atoms with E-state index in [1.807, 2.05) is 0 Å². The molecule has 0 spiro atoms. The first-order chi connectivity index (χ1) is 9.46. The van der Waals surface area contributed by atoms with Crippen LogP contribution in [0.5, 0.6) is 5.75 Å². The van der Waals surface area contributed by atoms with E-state index in [1.54, 1.807) is 0 Å². The Hall–Kier alpha value is -1.06. The van der Waals surface area contributed by atoms with Crippen molar-refractivity contribution in [3.63, 3.8) is 0 Å². The molecular formula is C17H28N2O. The third kappa shape index (κ3) is 3.33. The molecule has 0 aromatic heterocycles. The first kappa shape index (κ1) is 15.3. The Labute approximate surface area is 123 Å². The van der Waals surface area contributed by atoms with Crippen LogP contribution in [-0.2, 0) is 6.42 Å². The highest BCUT2D eigenvalue weighted by atomic mass is 16.5. The van der Waals surface area contributed by atoms with Crippen molar-refractivity contribution in [3.05, 3.63) is 29.3 Å². The predicted octanol–water partition coefficient (Wildman–Crippen LogP) is 2.75. The zero-order chi connectivity index (χ0) is 14.8. The van der Waals surface area contributed by atoms with Crippen LogP contribution in [0.3, 0.4) is 0 Å². The first-order valence-electron chi connectivity index (χ1n) is 7.67. The number of aryl methyl sites for hydroxylation is 1. The van der Waals surface area contributed by atoms with Crippen molar-refractivity contribution in [1.29, 1.82) is 0 Å². The van der Waals surface area contributed by atoms with E-state index >= 15 is 0 Å². The van der Waals surface area contributed by atoms with Gasteiger partial charge < -0.3 is 10.5 Å². The SMILES string of the molecule is CCCN(CC1Cc2cc(C)ccc2O1)C(C)(C)CN. The smallest absolute Gasteiger partial charge is 0.123 e. The number of nitrogens with zero attached hydrogens (tertiary/aromatic N) is 1. The molecule has 0 bridgehead atoms. The molecule has 0 fully saturated rings. The lowest BCUT2D eigenvalue weighted by Crippen LogP contribution is -2.52. The maximum absolute atomic E-state index is 6.10. The summed E-state index contributed by atoms with van der Waals surface area (Å²) in [5.74, 6) is 1.06. The van der Waals surface area contributed by atoms with Crippen molar-refractivity contribution in [3.8, 4) is 5.75 Å². The summed E-state index contributed by atoms with van der Waals surface area (Å²) >= 11 is 0. The van der Waals surface area contributed by atoms with Gasteiger partial charge in [-0.1, -0.05) is 24.6 Å². The Morgan fingerprint density at radius 3 is 2.80 bits per heavy atom. The van der Waals surface area contributed by atoms with Gasteiger partial charge in [-0.2, -0.15) is 0 Å². The van der Waals surface area contributed by atoms with Crippen molar-refractivity contribution < 1.29 is 4.74 Å². The number of benzene rings is 1. The average Bonchev–Trinajstić information content (AvgIpc) is 2.79. The molecule has 112 valence electrons. The molecule has 2 rings (SSSR count). The Morgan fingerprint density at radius 1 is 1.40 bits per heavy atom. The number of rotatable bonds is 6. The molecule has 0 aliphatic carbocycles. The highest BCUT2D eigenvalue weighted by molar-refractivity contribution is 5.40. The molecule has 0 saturated heterocycles. The highest BCUT2D eigenvalue weighted by Gasteiger charge is 2.30. The van der Waals surface area contributed by atoms with Gasteiger partial charge in [0.2, 0.25) is 0 Å². The van der Waals surface area contributed by atoms with E-state index in [9.17, 15) is 0 Å². The van der Waals surface area contributed by atoms with E-state index in [0.717, 1.165) is 31.7 Å². The van der Waals surface area contributed by atoms with Crippen molar-refractivity contribution in [2.24, 2.45) is 5.73 Å². The van der Waals surface area contributed by atoms with E-state index < -0.39 is 0 Å². The normalized spacial score (nSPS) is 18.2. The van der Waals surface area contributed by atoms with Gasteiger partial charge in [0.1, 0.15) is 11.9 Å². The van der Waals surface area contributed by atoms with Gasteiger partial charge in [-0.15, -0.1) is 0 Å². The van der Waals surface area contributed by atoms with E-state index in [-0.39, 0.29) is 11.6 Å². The fourth-order valence-corrected chi connectivity index (χ4v) is 2.84. The van der Waals surface area contributed by atoms with Gasteiger partial charge in [0, 0.05) is 25.0 Å². The second-order valence-electron chi connectivity index (χ2n) is 6.52. The van der Waals surface area contributed by atoms with E-state index in [1.165, 1.54) is 11.1 Å². The molecule has 0 radical (unpaired) electrons. The standard InChI is InChI=1S/C17H28N2O/c1-5-8-19(17(3,4)12-18)11-15-10-14-9-13(2)6-7-16(14)20-15/h6-7,9,15H,5,8,10-12,18H2,1-4H3. The summed E-state index contributed by atoms with van der Waals surface area (Å²) in [6, 6.07) is 6.46. The number of hydrogen-bond donors (Lipinski definition) is 1. The number of fused-ring (bicyclic) bond motifs is 1. The lowest BCUT2D eigenvalue weighted by atomic mass is 10.0. The third-order valence-corrected chi connectivity index (χ3v) is 4.23. The Balaban J connectivity index is 2.03. The molecule has 0 saturated carbocycles. The van der Waals surface area contributed by atoms with Gasteiger partial charge >= 0.3 is 0 Å². The molecule has 1 aliphatic rings. The molecule has 0 amide bonds. The zero-order valence-corrected chi connectivity index (χ0v) is 13.3. The summed E-state index contributed by atoms with van der Waals surface area (Å²) in [6.07, 6.45) is 2.41. The van der Waals surface area contributed by atoms with Crippen LogP contribution in [0.1, 0.15) is 38.3 Å². The van der Waals surface area contributed by atoms with Crippen LogP contribution in [0.15, 0.2) is 18.2 Å². The van der Waals surface area contributed by atoms with E-state index in [0.29, 0.717) is 6.54 Å². The summed E-state index contributed by atoms with van der Waals surface area (Å²) in [7, 11) is 0. The van der Waals surface area contributed by atoms with Gasteiger partial charge in [0.15, 0.2) is 0 Å². The lowest BCUT2D eigenvalue weighted by molar-refractivity contribution is 0.0745. The van der Waals surface area contributed by atoms with Crippen molar-refractivity contribution in [2.75, 3.05) is 19.6 Å². The summed E-state index contributed by atoms with van der Waals surface area (Å²) < 4.78 is 6.10. The molecule has 1 heterocycles. The molecular weight excluding hydrogens is 248 g/mol. The molecule has 2 N–H and O–H groups in total. The lowest BCUT2D eigenvalue weighted by Gasteiger charge is -2.38. The van der Waals surface area contributed by atoms with Crippen molar-refractivity contribution in [1.82, 2.24) is 4.90 Å². The minimum atomic E-state index is 0.0318. The van der Waals surface area contributed by atoms with Crippen LogP contribution in [-0.4, -0.2) is 36.2 Å². The topological polar surface area (TPSA) is 38.5 Å². The van der Waals surface area contributed by atoms with Crippen LogP contribution in [0.2, 0.25) is 0 Å². The molecule has 1 aromatic rings. The summed E-state index contributed by atoms with van der Waals surface area (Å²) in [4.78, 5) is 2.47. The van der Waals surface area contributed by atoms with Gasteiger partial charge in [-0.05, 0) is 45.4 Å². The Morgan fingerprint density at radius 2 is 2.15 bits per heavy atom. The van der Waals surface area contributed by atoms with Gasteiger partial charge in [-0.25, -0.2) is 0 Å². The van der Waals surface area contributed by atoms with E-state index in [2.05, 4.69) is 50.8 Å². The Kier molecular flexibility index (Phi) is 4.71. The number of nitrogens with two attached hydrogens (primary N) is 1. The fraction of sp³-hybridized carbons (Fsp3) is 0.647. The maximum atomic E-state index is 6.10. The molecule has 1 aromatic carbocycles. The predicted molar refractivity (Wildman–Crippen MR) is 84.3 cm³/mol. The second kappa shape index (κ2) is 6.15. The van der Waals surface area contributed by atoms with Crippen LogP contribution in [0.25, 0.3) is 0 Å². The van der Waals surface area contributed by atoms with Crippen LogP contribution in [0, 0.1) is 6.92 Å². The molecule has 1 atom stereocenters. The second-order valence-corrected chi connectivity index (χ2v) is 6.52. The number of ether oxygens (including phenoxy) is 1. The quantitative estimate of drug-likeness (QED) is 0.868. The van der Waals surface area contributed by atoms with Gasteiger partial charge in [0.25, 0.3) is 0 Å². The molecule has 20 heavy (non-hydrogen) atoms.